The molecule has 0 bridgehead atoms. The van der Waals surface area contributed by atoms with Gasteiger partial charge < -0.3 is 14.6 Å². The molecule has 0 aliphatic heterocycles. The molecule has 0 amide bonds. The zero-order valence-corrected chi connectivity index (χ0v) is 15.2. The van der Waals surface area contributed by atoms with Crippen LogP contribution in [0.2, 0.25) is 0 Å². The lowest BCUT2D eigenvalue weighted by Gasteiger charge is -2.16. The summed E-state index contributed by atoms with van der Waals surface area (Å²) in [5.41, 5.74) is -0.886. The topological polar surface area (TPSA) is 89.9 Å². The summed E-state index contributed by atoms with van der Waals surface area (Å²) in [5, 5.41) is 8.90. The Kier molecular flexibility index (Phi) is 13.8. The number of aliphatic hydroxyl groups is 1. The number of halogens is 2. The van der Waals surface area contributed by atoms with Crippen molar-refractivity contribution in [3.8, 4) is 0 Å². The third-order valence-electron chi connectivity index (χ3n) is 3.19. The molecule has 0 aliphatic rings. The lowest BCUT2D eigenvalue weighted by molar-refractivity contribution is -0.116. The van der Waals surface area contributed by atoms with Crippen LogP contribution in [0.25, 0.3) is 0 Å². The van der Waals surface area contributed by atoms with Gasteiger partial charge in [0.25, 0.3) is 0 Å². The van der Waals surface area contributed by atoms with Crippen molar-refractivity contribution >= 4 is 40.2 Å². The van der Waals surface area contributed by atoms with Crippen LogP contribution in [0.1, 0.15) is 45.4 Å². The Morgan fingerprint density at radius 1 is 1.08 bits per heavy atom. The van der Waals surface area contributed by atoms with Gasteiger partial charge in [0, 0.05) is 23.9 Å². The molecule has 138 valence electrons. The minimum atomic E-state index is -1.40. The van der Waals surface area contributed by atoms with Crippen molar-refractivity contribution in [2.24, 2.45) is 5.92 Å². The number of carbonyl (C=O) groups is 3. The predicted molar refractivity (Wildman–Crippen MR) is 91.0 cm³/mol. The number of alkyl halides is 1. The highest BCUT2D eigenvalue weighted by Gasteiger charge is 2.13. The maximum Gasteiger partial charge on any atom is 0.403 e. The molecule has 8 heteroatoms. The van der Waals surface area contributed by atoms with E-state index in [1.165, 1.54) is 19.1 Å². The van der Waals surface area contributed by atoms with Crippen molar-refractivity contribution in [3.05, 3.63) is 12.2 Å². The van der Waals surface area contributed by atoms with Gasteiger partial charge in [-0.3, -0.25) is 9.59 Å². The Hall–Kier alpha value is -0.950. The average molecular weight is 383 g/mol. The Balaban J connectivity index is 3.86. The standard InChI is InChI=1S/C16H24Cl2O6/c1-12(19)8-9-14(20)7-5-3-2-4-6-13(10-23-15(17)21)11-24-16(18)22/h8-9,13,15,21H,2-7,10-11H2,1H3/b9-8-. The third kappa shape index (κ3) is 15.9. The van der Waals surface area contributed by atoms with Gasteiger partial charge in [-0.25, -0.2) is 4.79 Å². The van der Waals surface area contributed by atoms with Crippen LogP contribution in [-0.4, -0.2) is 41.1 Å². The van der Waals surface area contributed by atoms with Crippen molar-refractivity contribution in [1.29, 1.82) is 0 Å². The predicted octanol–water partition coefficient (Wildman–Crippen LogP) is 3.56. The lowest BCUT2D eigenvalue weighted by Crippen LogP contribution is -2.19. The van der Waals surface area contributed by atoms with E-state index in [1.54, 1.807) is 0 Å². The smallest absolute Gasteiger partial charge is 0.403 e. The average Bonchev–Trinajstić information content (AvgIpc) is 2.49. The second-order valence-electron chi connectivity index (χ2n) is 5.40. The van der Waals surface area contributed by atoms with Crippen LogP contribution in [0.5, 0.6) is 0 Å². The highest BCUT2D eigenvalue weighted by Crippen LogP contribution is 2.15. The largest absolute Gasteiger partial charge is 0.453 e. The number of hydrogen-bond donors (Lipinski definition) is 1. The van der Waals surface area contributed by atoms with Crippen LogP contribution in [-0.2, 0) is 19.1 Å². The normalized spacial score (nSPS) is 13.7. The Morgan fingerprint density at radius 3 is 2.33 bits per heavy atom. The molecule has 2 unspecified atom stereocenters. The molecular weight excluding hydrogens is 359 g/mol. The lowest BCUT2D eigenvalue weighted by atomic mass is 10.0. The minimum absolute atomic E-state index is 0.0541. The molecule has 0 rings (SSSR count). The van der Waals surface area contributed by atoms with Gasteiger partial charge >= 0.3 is 5.43 Å². The van der Waals surface area contributed by atoms with E-state index in [0.717, 1.165) is 25.7 Å². The van der Waals surface area contributed by atoms with Crippen LogP contribution in [0.4, 0.5) is 4.79 Å². The molecule has 24 heavy (non-hydrogen) atoms. The van der Waals surface area contributed by atoms with Crippen LogP contribution in [0.3, 0.4) is 0 Å². The second-order valence-corrected chi connectivity index (χ2v) is 6.09. The number of allylic oxidation sites excluding steroid dienone is 2. The van der Waals surface area contributed by atoms with Crippen molar-refractivity contribution in [2.45, 2.75) is 51.2 Å². The summed E-state index contributed by atoms with van der Waals surface area (Å²) in [4.78, 5) is 32.8. The Bertz CT molecular complexity index is 423. The molecule has 0 heterocycles. The van der Waals surface area contributed by atoms with E-state index in [9.17, 15) is 14.4 Å². The zero-order chi connectivity index (χ0) is 18.4. The maximum atomic E-state index is 11.4. The summed E-state index contributed by atoms with van der Waals surface area (Å²) in [6.45, 7) is 1.65. The molecule has 0 fully saturated rings. The van der Waals surface area contributed by atoms with E-state index in [-0.39, 0.29) is 30.7 Å². The molecule has 0 saturated heterocycles. The molecule has 1 N–H and O–H groups in total. The van der Waals surface area contributed by atoms with Gasteiger partial charge in [-0.05, 0) is 31.9 Å². The molecule has 0 aromatic heterocycles. The van der Waals surface area contributed by atoms with E-state index >= 15 is 0 Å². The van der Waals surface area contributed by atoms with E-state index < -0.39 is 11.2 Å². The fourth-order valence-electron chi connectivity index (χ4n) is 1.99. The first-order chi connectivity index (χ1) is 11.3. The van der Waals surface area contributed by atoms with Gasteiger partial charge in [0.1, 0.15) is 0 Å². The van der Waals surface area contributed by atoms with Gasteiger partial charge in [-0.2, -0.15) is 0 Å². The minimum Gasteiger partial charge on any atom is -0.453 e. The van der Waals surface area contributed by atoms with E-state index in [1.807, 2.05) is 0 Å². The first-order valence-electron chi connectivity index (χ1n) is 7.78. The summed E-state index contributed by atoms with van der Waals surface area (Å²) in [5.74, 6) is -1.70. The fraction of sp³-hybridized carbons (Fsp3) is 0.688. The summed E-state index contributed by atoms with van der Waals surface area (Å²) in [7, 11) is 0. The highest BCUT2D eigenvalue weighted by atomic mass is 35.5. The van der Waals surface area contributed by atoms with E-state index in [4.69, 9.17) is 37.8 Å². The van der Waals surface area contributed by atoms with Crippen LogP contribution in [0.15, 0.2) is 12.2 Å². The van der Waals surface area contributed by atoms with Crippen molar-refractivity contribution in [2.75, 3.05) is 13.2 Å². The van der Waals surface area contributed by atoms with E-state index in [2.05, 4.69) is 0 Å². The van der Waals surface area contributed by atoms with Crippen LogP contribution in [0, 0.1) is 5.92 Å². The van der Waals surface area contributed by atoms with Gasteiger partial charge in [0.05, 0.1) is 13.2 Å². The summed E-state index contributed by atoms with van der Waals surface area (Å²) in [6, 6.07) is 0. The number of aliphatic hydroxyl groups excluding tert-OH is 1. The number of rotatable bonds is 14. The first kappa shape index (κ1) is 23.1. The van der Waals surface area contributed by atoms with Crippen molar-refractivity contribution in [3.63, 3.8) is 0 Å². The molecule has 0 aromatic rings. The quantitative estimate of drug-likeness (QED) is 0.162. The molecule has 0 radical (unpaired) electrons. The third-order valence-corrected chi connectivity index (χ3v) is 3.43. The van der Waals surface area contributed by atoms with Crippen LogP contribution >= 0.6 is 23.2 Å². The monoisotopic (exact) mass is 382 g/mol. The molecule has 0 aliphatic carbocycles. The Morgan fingerprint density at radius 2 is 1.75 bits per heavy atom. The number of carbonyl (C=O) groups excluding carboxylic acids is 3. The van der Waals surface area contributed by atoms with Crippen molar-refractivity contribution in [1.82, 2.24) is 0 Å². The summed E-state index contributed by atoms with van der Waals surface area (Å²) >= 11 is 10.4. The number of hydrogen-bond acceptors (Lipinski definition) is 6. The van der Waals surface area contributed by atoms with Gasteiger partial charge in [0.2, 0.25) is 5.75 Å². The molecule has 0 saturated carbocycles. The SMILES string of the molecule is CC(=O)/C=C\C(=O)CCCCCCC(COC(=O)Cl)COC(O)Cl. The van der Waals surface area contributed by atoms with Gasteiger partial charge in [-0.1, -0.05) is 30.9 Å². The molecule has 0 spiro atoms. The number of ketones is 2. The fourth-order valence-corrected chi connectivity index (χ4v) is 2.13. The number of ether oxygens (including phenoxy) is 2. The summed E-state index contributed by atoms with van der Waals surface area (Å²) < 4.78 is 9.63. The highest BCUT2D eigenvalue weighted by molar-refractivity contribution is 6.61. The zero-order valence-electron chi connectivity index (χ0n) is 13.7. The van der Waals surface area contributed by atoms with Crippen LogP contribution < -0.4 is 0 Å². The number of unbranched alkanes of at least 4 members (excludes halogenated alkanes) is 3. The Labute approximate surface area is 152 Å². The van der Waals surface area contributed by atoms with Gasteiger partial charge in [0.15, 0.2) is 11.6 Å². The molecular formula is C16H24Cl2O6. The van der Waals surface area contributed by atoms with Crippen molar-refractivity contribution < 1.29 is 29.0 Å². The molecule has 0 aromatic carbocycles. The molecule has 2 atom stereocenters. The maximum absolute atomic E-state index is 11.4. The summed E-state index contributed by atoms with van der Waals surface area (Å²) in [6.07, 6.45) is 7.09. The molecule has 6 nitrogen and oxygen atoms in total. The second kappa shape index (κ2) is 14.4. The van der Waals surface area contributed by atoms with E-state index in [0.29, 0.717) is 12.8 Å². The first-order valence-corrected chi connectivity index (χ1v) is 8.60. The van der Waals surface area contributed by atoms with Gasteiger partial charge in [-0.15, -0.1) is 0 Å².